The summed E-state index contributed by atoms with van der Waals surface area (Å²) in [5.41, 5.74) is 0.733. The quantitative estimate of drug-likeness (QED) is 0.661. The third kappa shape index (κ3) is 1.03. The van der Waals surface area contributed by atoms with Crippen LogP contribution in [-0.4, -0.2) is 19.0 Å². The Kier molecular flexibility index (Phi) is 1.67. The van der Waals surface area contributed by atoms with Crippen molar-refractivity contribution in [2.75, 3.05) is 0 Å². The molecule has 1 aromatic heterocycles. The monoisotopic (exact) mass is 181 g/mol. The summed E-state index contributed by atoms with van der Waals surface area (Å²) in [6.45, 7) is 0. The highest BCUT2D eigenvalue weighted by Gasteiger charge is 2.01. The van der Waals surface area contributed by atoms with Crippen LogP contribution in [0.2, 0.25) is 0 Å². The maximum absolute atomic E-state index is 10.7. The normalized spacial score (nSPS) is 13.4. The zero-order chi connectivity index (χ0) is 8.55. The van der Waals surface area contributed by atoms with Crippen LogP contribution in [0.4, 0.5) is 0 Å². The highest BCUT2D eigenvalue weighted by molar-refractivity contribution is 7.79. The molecular weight excluding hydrogens is 176 g/mol. The van der Waals surface area contributed by atoms with E-state index in [1.807, 2.05) is 0 Å². The molecule has 0 aliphatic rings. The third-order valence-electron chi connectivity index (χ3n) is 1.62. The number of nitrogens with one attached hydrogen (secondary N) is 1. The molecule has 4 nitrogen and oxygen atoms in total. The number of hydrogen-bond acceptors (Lipinski definition) is 3. The largest absolute Gasteiger partial charge is 0.768 e. The zero-order valence-corrected chi connectivity index (χ0v) is 6.80. The van der Waals surface area contributed by atoms with E-state index in [2.05, 4.69) is 10.2 Å². The molecule has 0 saturated heterocycles. The first kappa shape index (κ1) is 7.45. The van der Waals surface area contributed by atoms with Gasteiger partial charge in [0, 0.05) is 10.3 Å². The Labute approximate surface area is 70.9 Å². The van der Waals surface area contributed by atoms with E-state index in [1.165, 1.54) is 6.20 Å². The van der Waals surface area contributed by atoms with Gasteiger partial charge in [0.1, 0.15) is 0 Å². The molecule has 5 heteroatoms. The lowest BCUT2D eigenvalue weighted by molar-refractivity contribution is 0.538. The molecular formula is C7H5N2O2S-. The molecule has 0 amide bonds. The summed E-state index contributed by atoms with van der Waals surface area (Å²) >= 11 is -2.19. The molecule has 0 saturated carbocycles. The molecule has 1 N–H and O–H groups in total. The average Bonchev–Trinajstić information content (AvgIpc) is 2.49. The van der Waals surface area contributed by atoms with Gasteiger partial charge in [-0.2, -0.15) is 5.10 Å². The van der Waals surface area contributed by atoms with Crippen molar-refractivity contribution in [1.29, 1.82) is 0 Å². The minimum atomic E-state index is -2.19. The van der Waals surface area contributed by atoms with Crippen LogP contribution in [0.3, 0.4) is 0 Å². The van der Waals surface area contributed by atoms with Crippen LogP contribution in [-0.2, 0) is 11.1 Å². The van der Waals surface area contributed by atoms with Crippen LogP contribution in [0.1, 0.15) is 0 Å². The topological polar surface area (TPSA) is 68.8 Å². The average molecular weight is 181 g/mol. The fourth-order valence-corrected chi connectivity index (χ4v) is 1.62. The number of aromatic nitrogens is 2. The van der Waals surface area contributed by atoms with Crippen LogP contribution >= 0.6 is 0 Å². The van der Waals surface area contributed by atoms with E-state index in [0.29, 0.717) is 5.39 Å². The number of benzene rings is 1. The predicted molar refractivity (Wildman–Crippen MR) is 43.3 cm³/mol. The van der Waals surface area contributed by atoms with Crippen LogP contribution < -0.4 is 0 Å². The maximum atomic E-state index is 10.7. The van der Waals surface area contributed by atoms with Gasteiger partial charge in [-0.25, -0.2) is 0 Å². The molecule has 0 spiro atoms. The van der Waals surface area contributed by atoms with Gasteiger partial charge < -0.3 is 4.55 Å². The Morgan fingerprint density at radius 2 is 2.33 bits per heavy atom. The molecule has 1 unspecified atom stereocenters. The molecule has 0 aliphatic carbocycles. The summed E-state index contributed by atoms with van der Waals surface area (Å²) in [7, 11) is 0. The van der Waals surface area contributed by atoms with E-state index in [0.717, 1.165) is 5.52 Å². The van der Waals surface area contributed by atoms with Gasteiger partial charge in [-0.15, -0.1) is 0 Å². The SMILES string of the molecule is O=S([O-])c1cccc2[nH]ncc12. The predicted octanol–water partition coefficient (Wildman–Crippen LogP) is 0.801. The number of H-pyrrole nitrogens is 1. The first-order valence-corrected chi connectivity index (χ1v) is 4.38. The lowest BCUT2D eigenvalue weighted by Gasteiger charge is -2.04. The molecule has 12 heavy (non-hydrogen) atoms. The highest BCUT2D eigenvalue weighted by Crippen LogP contribution is 2.17. The van der Waals surface area contributed by atoms with Gasteiger partial charge in [-0.1, -0.05) is 6.07 Å². The molecule has 2 rings (SSSR count). The van der Waals surface area contributed by atoms with E-state index < -0.39 is 11.1 Å². The Balaban J connectivity index is 2.82. The lowest BCUT2D eigenvalue weighted by atomic mass is 10.3. The molecule has 1 aromatic carbocycles. The molecule has 0 aliphatic heterocycles. The van der Waals surface area contributed by atoms with Gasteiger partial charge in [0.05, 0.1) is 11.7 Å². The van der Waals surface area contributed by atoms with Crippen LogP contribution in [0, 0.1) is 0 Å². The van der Waals surface area contributed by atoms with E-state index in [-0.39, 0.29) is 4.90 Å². The molecule has 1 heterocycles. The van der Waals surface area contributed by atoms with E-state index in [1.54, 1.807) is 18.2 Å². The maximum Gasteiger partial charge on any atom is 0.0662 e. The Bertz CT molecular complexity index is 438. The summed E-state index contributed by atoms with van der Waals surface area (Å²) in [4.78, 5) is 0.279. The molecule has 0 bridgehead atoms. The van der Waals surface area contributed by atoms with Crippen LogP contribution in [0.15, 0.2) is 29.3 Å². The summed E-state index contributed by atoms with van der Waals surface area (Å²) in [6.07, 6.45) is 1.50. The van der Waals surface area contributed by atoms with Crippen molar-refractivity contribution in [1.82, 2.24) is 10.2 Å². The van der Waals surface area contributed by atoms with Gasteiger partial charge in [0.2, 0.25) is 0 Å². The molecule has 2 aromatic rings. The molecule has 0 radical (unpaired) electrons. The standard InChI is InChI=1S/C7H6N2O2S/c10-12(11)7-3-1-2-6-5(7)4-8-9-6/h1-4H,(H,8,9)(H,10,11)/p-1. The summed E-state index contributed by atoms with van der Waals surface area (Å²) in [6, 6.07) is 4.99. The van der Waals surface area contributed by atoms with E-state index >= 15 is 0 Å². The van der Waals surface area contributed by atoms with Crippen molar-refractivity contribution in [3.05, 3.63) is 24.4 Å². The summed E-state index contributed by atoms with van der Waals surface area (Å²) in [5, 5.41) is 7.07. The highest BCUT2D eigenvalue weighted by atomic mass is 32.2. The number of nitrogens with zero attached hydrogens (tertiary/aromatic N) is 1. The number of aromatic amines is 1. The number of rotatable bonds is 1. The Hall–Kier alpha value is -1.20. The van der Waals surface area contributed by atoms with Crippen molar-refractivity contribution in [2.24, 2.45) is 0 Å². The van der Waals surface area contributed by atoms with E-state index in [4.69, 9.17) is 0 Å². The summed E-state index contributed by atoms with van der Waals surface area (Å²) in [5.74, 6) is 0. The van der Waals surface area contributed by atoms with Crippen LogP contribution in [0.25, 0.3) is 10.9 Å². The van der Waals surface area contributed by atoms with E-state index in [9.17, 15) is 8.76 Å². The fourth-order valence-electron chi connectivity index (χ4n) is 1.09. The van der Waals surface area contributed by atoms with Gasteiger partial charge >= 0.3 is 0 Å². The van der Waals surface area contributed by atoms with Gasteiger partial charge in [-0.3, -0.25) is 9.31 Å². The van der Waals surface area contributed by atoms with Crippen molar-refractivity contribution in [2.45, 2.75) is 4.90 Å². The Morgan fingerprint density at radius 1 is 1.50 bits per heavy atom. The van der Waals surface area contributed by atoms with Crippen molar-refractivity contribution in [3.63, 3.8) is 0 Å². The van der Waals surface area contributed by atoms with Gasteiger partial charge in [0.25, 0.3) is 0 Å². The van der Waals surface area contributed by atoms with Crippen molar-refractivity contribution < 1.29 is 8.76 Å². The van der Waals surface area contributed by atoms with Gasteiger partial charge in [-0.05, 0) is 23.2 Å². The van der Waals surface area contributed by atoms with Crippen LogP contribution in [0.5, 0.6) is 0 Å². The minimum Gasteiger partial charge on any atom is -0.768 e. The second-order valence-electron chi connectivity index (χ2n) is 2.32. The second-order valence-corrected chi connectivity index (χ2v) is 3.23. The smallest absolute Gasteiger partial charge is 0.0662 e. The third-order valence-corrected chi connectivity index (χ3v) is 2.34. The molecule has 62 valence electrons. The minimum absolute atomic E-state index is 0.279. The molecule has 1 atom stereocenters. The second kappa shape index (κ2) is 2.69. The zero-order valence-electron chi connectivity index (χ0n) is 5.98. The van der Waals surface area contributed by atoms with Crippen molar-refractivity contribution >= 4 is 22.0 Å². The number of hydrogen-bond donors (Lipinski definition) is 1. The lowest BCUT2D eigenvalue weighted by Crippen LogP contribution is -1.88. The summed E-state index contributed by atoms with van der Waals surface area (Å²) < 4.78 is 21.3. The number of fused-ring (bicyclic) bond motifs is 1. The Morgan fingerprint density at radius 3 is 3.08 bits per heavy atom. The first-order chi connectivity index (χ1) is 5.79. The molecule has 0 fully saturated rings. The fraction of sp³-hybridized carbons (Fsp3) is 0. The van der Waals surface area contributed by atoms with Gasteiger partial charge in [0.15, 0.2) is 0 Å². The first-order valence-electron chi connectivity index (χ1n) is 3.30. The van der Waals surface area contributed by atoms with Crippen molar-refractivity contribution in [3.8, 4) is 0 Å².